The van der Waals surface area contributed by atoms with E-state index < -0.39 is 5.97 Å². The van der Waals surface area contributed by atoms with Gasteiger partial charge >= 0.3 is 5.97 Å². The summed E-state index contributed by atoms with van der Waals surface area (Å²) in [6.07, 6.45) is 2.71. The van der Waals surface area contributed by atoms with Crippen LogP contribution in [-0.2, 0) is 16.6 Å². The number of Topliss-reactive ketones (excluding diaryl/α,β-unsaturated/α-hetero) is 1. The second-order valence-electron chi connectivity index (χ2n) is 11.4. The van der Waals surface area contributed by atoms with Crippen molar-refractivity contribution in [1.82, 2.24) is 9.97 Å². The van der Waals surface area contributed by atoms with E-state index in [9.17, 15) is 19.8 Å². The molecule has 0 radical (unpaired) electrons. The normalized spacial score (nSPS) is 14.3. The van der Waals surface area contributed by atoms with Crippen LogP contribution in [0.2, 0.25) is 0 Å². The van der Waals surface area contributed by atoms with E-state index in [-0.39, 0.29) is 48.5 Å². The molecule has 1 aliphatic rings. The van der Waals surface area contributed by atoms with Gasteiger partial charge in [0, 0.05) is 43.5 Å². The van der Waals surface area contributed by atoms with Gasteiger partial charge in [-0.1, -0.05) is 50.2 Å². The average Bonchev–Trinajstić information content (AvgIpc) is 2.95. The molecule has 0 aliphatic carbocycles. The predicted octanol–water partition coefficient (Wildman–Crippen LogP) is 5.32. The van der Waals surface area contributed by atoms with Gasteiger partial charge in [0.15, 0.2) is 17.2 Å². The number of anilines is 1. The molecular weight excluding hydrogens is 506 g/mol. The summed E-state index contributed by atoms with van der Waals surface area (Å²) < 4.78 is 0. The highest BCUT2D eigenvalue weighted by Crippen LogP contribution is 2.30. The van der Waals surface area contributed by atoms with Gasteiger partial charge in [0.2, 0.25) is 0 Å². The molecule has 3 aromatic rings. The van der Waals surface area contributed by atoms with E-state index in [0.29, 0.717) is 23.9 Å². The number of hydrogen-bond acceptors (Lipinski definition) is 7. The maximum absolute atomic E-state index is 12.6. The highest BCUT2D eigenvalue weighted by molar-refractivity contribution is 5.97. The number of hydrogen-bond donors (Lipinski definition) is 3. The number of benzene rings is 2. The molecule has 212 valence electrons. The van der Waals surface area contributed by atoms with Crippen LogP contribution in [0.25, 0.3) is 11.1 Å². The zero-order valence-corrected chi connectivity index (χ0v) is 23.6. The highest BCUT2D eigenvalue weighted by Gasteiger charge is 2.24. The summed E-state index contributed by atoms with van der Waals surface area (Å²) in [5.41, 5.74) is 4.71. The fraction of sp³-hybridized carbons (Fsp3) is 0.438. The van der Waals surface area contributed by atoms with Crippen LogP contribution >= 0.6 is 0 Å². The number of piperidine rings is 1. The Morgan fingerprint density at radius 3 is 2.12 bits per heavy atom. The van der Waals surface area contributed by atoms with Crippen LogP contribution in [0.5, 0.6) is 5.75 Å². The molecule has 2 heterocycles. The molecule has 4 rings (SSSR count). The van der Waals surface area contributed by atoms with Gasteiger partial charge in [0.25, 0.3) is 0 Å². The summed E-state index contributed by atoms with van der Waals surface area (Å²) in [4.78, 5) is 34.5. The molecule has 0 spiro atoms. The van der Waals surface area contributed by atoms with Crippen molar-refractivity contribution in [2.75, 3.05) is 24.6 Å². The molecule has 1 aromatic heterocycles. The number of carbonyl (C=O) groups is 2. The number of carbonyl (C=O) groups excluding carboxylic acids is 1. The van der Waals surface area contributed by atoms with Crippen molar-refractivity contribution in [3.63, 3.8) is 0 Å². The zero-order valence-electron chi connectivity index (χ0n) is 23.6. The van der Waals surface area contributed by atoms with Crippen molar-refractivity contribution < 1.29 is 24.9 Å². The lowest BCUT2D eigenvalue weighted by atomic mass is 9.85. The zero-order chi connectivity index (χ0) is 28.9. The molecule has 2 aromatic carbocycles. The van der Waals surface area contributed by atoms with Crippen LogP contribution in [0, 0.1) is 12.8 Å². The van der Waals surface area contributed by atoms with E-state index in [4.69, 9.17) is 5.11 Å². The first-order chi connectivity index (χ1) is 19.1. The van der Waals surface area contributed by atoms with Gasteiger partial charge in [-0.3, -0.25) is 9.59 Å². The molecule has 8 nitrogen and oxygen atoms in total. The van der Waals surface area contributed by atoms with Gasteiger partial charge in [-0.2, -0.15) is 0 Å². The third kappa shape index (κ3) is 7.04. The lowest BCUT2D eigenvalue weighted by Crippen LogP contribution is -2.34. The minimum atomic E-state index is -0.951. The van der Waals surface area contributed by atoms with Crippen molar-refractivity contribution >= 4 is 17.4 Å². The fourth-order valence-corrected chi connectivity index (χ4v) is 5.15. The van der Waals surface area contributed by atoms with E-state index in [1.807, 2.05) is 13.8 Å². The summed E-state index contributed by atoms with van der Waals surface area (Å²) in [7, 11) is 0. The Morgan fingerprint density at radius 1 is 0.950 bits per heavy atom. The van der Waals surface area contributed by atoms with Crippen molar-refractivity contribution in [2.24, 2.45) is 5.92 Å². The van der Waals surface area contributed by atoms with Crippen LogP contribution < -0.4 is 4.90 Å². The first-order valence-electron chi connectivity index (χ1n) is 14.0. The molecule has 0 unspecified atom stereocenters. The Labute approximate surface area is 235 Å². The summed E-state index contributed by atoms with van der Waals surface area (Å²) in [6.45, 7) is 7.65. The highest BCUT2D eigenvalue weighted by atomic mass is 16.4. The molecule has 40 heavy (non-hydrogen) atoms. The number of aryl methyl sites for hydroxylation is 1. The monoisotopic (exact) mass is 545 g/mol. The fourth-order valence-electron chi connectivity index (χ4n) is 5.15. The lowest BCUT2D eigenvalue weighted by molar-refractivity contribution is -0.137. The van der Waals surface area contributed by atoms with Crippen LogP contribution in [0.4, 0.5) is 5.69 Å². The molecule has 0 saturated carbocycles. The Kier molecular flexibility index (Phi) is 9.20. The molecule has 0 atom stereocenters. The van der Waals surface area contributed by atoms with Gasteiger partial charge in [-0.25, -0.2) is 9.97 Å². The van der Waals surface area contributed by atoms with E-state index in [1.54, 1.807) is 6.92 Å². The molecular formula is C32H39N3O5. The molecule has 3 N–H and O–H groups in total. The number of aromatic hydroxyl groups is 1. The van der Waals surface area contributed by atoms with Crippen molar-refractivity contribution in [2.45, 2.75) is 64.7 Å². The topological polar surface area (TPSA) is 124 Å². The van der Waals surface area contributed by atoms with Gasteiger partial charge in [-0.05, 0) is 60.9 Å². The largest absolute Gasteiger partial charge is 0.504 e. The minimum Gasteiger partial charge on any atom is -0.504 e. The number of rotatable bonds is 11. The van der Waals surface area contributed by atoms with Crippen LogP contribution in [0.3, 0.4) is 0 Å². The summed E-state index contributed by atoms with van der Waals surface area (Å²) in [5.74, 6) is -0.599. The third-order valence-electron chi connectivity index (χ3n) is 7.88. The number of carboxylic acid groups (broad SMARTS) is 1. The molecule has 0 amide bonds. The van der Waals surface area contributed by atoms with Gasteiger partial charge in [0.1, 0.15) is 5.82 Å². The Balaban J connectivity index is 1.34. The number of aliphatic hydroxyl groups is 1. The summed E-state index contributed by atoms with van der Waals surface area (Å²) in [5, 5.41) is 28.8. The molecule has 0 bridgehead atoms. The smallest absolute Gasteiger partial charge is 0.303 e. The SMILES string of the molecule is Cc1nc(CC2CCN(c3ccc(-c4ccc(C(C)(C)CO)cc4)cc3)CC2)nc(C(=O)CCCC(=O)O)c1O. The minimum absolute atomic E-state index is 0.00263. The summed E-state index contributed by atoms with van der Waals surface area (Å²) in [6, 6.07) is 17.0. The van der Waals surface area contributed by atoms with E-state index >= 15 is 0 Å². The Hall–Kier alpha value is -3.78. The first-order valence-corrected chi connectivity index (χ1v) is 14.0. The van der Waals surface area contributed by atoms with Crippen LogP contribution in [0.15, 0.2) is 48.5 Å². The van der Waals surface area contributed by atoms with E-state index in [1.165, 1.54) is 5.69 Å². The maximum Gasteiger partial charge on any atom is 0.303 e. The van der Waals surface area contributed by atoms with Crippen LogP contribution in [-0.4, -0.2) is 56.7 Å². The maximum atomic E-state index is 12.6. The lowest BCUT2D eigenvalue weighted by Gasteiger charge is -2.33. The third-order valence-corrected chi connectivity index (χ3v) is 7.88. The van der Waals surface area contributed by atoms with Gasteiger partial charge < -0.3 is 20.2 Å². The quantitative estimate of drug-likeness (QED) is 0.277. The van der Waals surface area contributed by atoms with Gasteiger partial charge in [0.05, 0.1) is 12.3 Å². The molecule has 1 fully saturated rings. The van der Waals surface area contributed by atoms with Crippen molar-refractivity contribution in [3.8, 4) is 16.9 Å². The standard InChI is InChI=1S/C32H39N3O5/c1-21-31(40)30(27(37)5-4-6-29(38)39)34-28(33-21)19-22-15-17-35(18-16-22)26-13-9-24(10-14-26)23-7-11-25(12-8-23)32(2,3)20-36/h7-14,22,36,40H,4-6,15-20H2,1-3H3,(H,38,39). The van der Waals surface area contributed by atoms with E-state index in [0.717, 1.165) is 42.6 Å². The predicted molar refractivity (Wildman–Crippen MR) is 155 cm³/mol. The number of ketones is 1. The van der Waals surface area contributed by atoms with Crippen molar-refractivity contribution in [1.29, 1.82) is 0 Å². The number of nitrogens with zero attached hydrogens (tertiary/aromatic N) is 3. The second kappa shape index (κ2) is 12.6. The summed E-state index contributed by atoms with van der Waals surface area (Å²) >= 11 is 0. The van der Waals surface area contributed by atoms with E-state index in [2.05, 4.69) is 63.4 Å². The second-order valence-corrected chi connectivity index (χ2v) is 11.4. The van der Waals surface area contributed by atoms with Crippen LogP contribution in [0.1, 0.15) is 73.5 Å². The molecule has 1 saturated heterocycles. The molecule has 1 aliphatic heterocycles. The number of carboxylic acids is 1. The Bertz CT molecular complexity index is 1330. The number of aliphatic hydroxyl groups excluding tert-OH is 1. The number of aromatic nitrogens is 2. The first kappa shape index (κ1) is 29.2. The number of aliphatic carboxylic acids is 1. The van der Waals surface area contributed by atoms with Gasteiger partial charge in [-0.15, -0.1) is 0 Å². The molecule has 8 heteroatoms. The Morgan fingerprint density at radius 2 is 1.55 bits per heavy atom. The van der Waals surface area contributed by atoms with Crippen molar-refractivity contribution in [3.05, 3.63) is 71.3 Å². The average molecular weight is 546 g/mol.